The van der Waals surface area contributed by atoms with Crippen LogP contribution in [0.25, 0.3) is 0 Å². The van der Waals surface area contributed by atoms with Crippen LogP contribution in [0, 0.1) is 0 Å². The van der Waals surface area contributed by atoms with Crippen LogP contribution in [0.15, 0.2) is 59.6 Å². The van der Waals surface area contributed by atoms with Gasteiger partial charge in [-0.2, -0.15) is 0 Å². The lowest BCUT2D eigenvalue weighted by molar-refractivity contribution is -0.116. The number of thioether (sulfide) groups is 1. The molecule has 0 aliphatic carbocycles. The van der Waals surface area contributed by atoms with Gasteiger partial charge in [-0.05, 0) is 53.6 Å². The summed E-state index contributed by atoms with van der Waals surface area (Å²) in [5, 5.41) is 0. The van der Waals surface area contributed by atoms with Crippen LogP contribution >= 0.6 is 28.7 Å². The second-order valence-electron chi connectivity index (χ2n) is 11.6. The molecular weight excluding hydrogens is 604 g/mol. The van der Waals surface area contributed by atoms with Crippen molar-refractivity contribution >= 4 is 40.3 Å². The average Bonchev–Trinajstić information content (AvgIpc) is 3.38. The molecule has 0 radical (unpaired) electrons. The average molecular weight is 660 g/mol. The first-order chi connectivity index (χ1) is 20.0. The highest BCUT2D eigenvalue weighted by molar-refractivity contribution is 8.93. The van der Waals surface area contributed by atoms with Crippen LogP contribution in [0.2, 0.25) is 0 Å². The van der Waals surface area contributed by atoms with E-state index in [1.54, 1.807) is 6.92 Å². The number of carbonyl (C=O) groups excluding carboxylic acids is 1. The van der Waals surface area contributed by atoms with Gasteiger partial charge < -0.3 is 14.5 Å². The van der Waals surface area contributed by atoms with E-state index in [4.69, 9.17) is 4.74 Å². The molecule has 1 aliphatic rings. The van der Waals surface area contributed by atoms with E-state index >= 15 is 0 Å². The van der Waals surface area contributed by atoms with Crippen LogP contribution in [0.4, 0.5) is 5.69 Å². The summed E-state index contributed by atoms with van der Waals surface area (Å²) in [5.41, 5.74) is 3.24. The van der Waals surface area contributed by atoms with E-state index < -0.39 is 0 Å². The number of benzene rings is 2. The molecule has 0 bridgehead atoms. The highest BCUT2D eigenvalue weighted by Crippen LogP contribution is 2.27. The number of carbonyl (C=O) groups is 1. The van der Waals surface area contributed by atoms with Gasteiger partial charge in [-0.1, -0.05) is 115 Å². The number of ether oxygens (including phenoxy) is 1. The number of hydrogen-bond donors (Lipinski definition) is 0. The number of amides is 1. The molecule has 2 aromatic rings. The van der Waals surface area contributed by atoms with Crippen molar-refractivity contribution in [3.05, 3.63) is 70.8 Å². The molecule has 2 aromatic carbocycles. The third kappa shape index (κ3) is 14.5. The van der Waals surface area contributed by atoms with E-state index in [0.29, 0.717) is 6.54 Å². The van der Waals surface area contributed by atoms with Gasteiger partial charge >= 0.3 is 0 Å². The van der Waals surface area contributed by atoms with Crippen LogP contribution in [0.5, 0.6) is 5.75 Å². The minimum Gasteiger partial charge on any atom is -0.494 e. The van der Waals surface area contributed by atoms with E-state index in [1.165, 1.54) is 93.9 Å². The molecule has 6 heteroatoms. The van der Waals surface area contributed by atoms with Crippen LogP contribution in [-0.4, -0.2) is 23.3 Å². The number of rotatable bonds is 21. The normalized spacial score (nSPS) is 12.6. The molecular formula is C36H55BrN2O2S. The lowest BCUT2D eigenvalue weighted by Gasteiger charge is -2.23. The summed E-state index contributed by atoms with van der Waals surface area (Å²) in [5.74, 6) is 1.92. The molecule has 0 saturated heterocycles. The summed E-state index contributed by atoms with van der Waals surface area (Å²) in [7, 11) is 0. The number of allylic oxidation sites excluding steroid dienone is 1. The highest BCUT2D eigenvalue weighted by Gasteiger charge is 2.15. The van der Waals surface area contributed by atoms with Crippen molar-refractivity contribution in [2.75, 3.05) is 17.4 Å². The predicted octanol–water partition coefficient (Wildman–Crippen LogP) is 11.0. The Bertz CT molecular complexity index is 1060. The third-order valence-electron chi connectivity index (χ3n) is 7.82. The van der Waals surface area contributed by atoms with Crippen molar-refractivity contribution in [3.8, 4) is 5.75 Å². The first kappa shape index (κ1) is 36.3. The first-order valence-corrected chi connectivity index (χ1v) is 17.2. The van der Waals surface area contributed by atoms with Gasteiger partial charge in [0.1, 0.15) is 5.75 Å². The summed E-state index contributed by atoms with van der Waals surface area (Å²) in [6, 6.07) is 16.6. The summed E-state index contributed by atoms with van der Waals surface area (Å²) >= 11 is 1.87. The quantitative estimate of drug-likeness (QED) is 0.125. The Morgan fingerprint density at radius 2 is 1.43 bits per heavy atom. The Hall–Kier alpha value is -1.92. The minimum atomic E-state index is 0. The monoisotopic (exact) mass is 658 g/mol. The molecule has 234 valence electrons. The fourth-order valence-corrected chi connectivity index (χ4v) is 6.21. The molecule has 42 heavy (non-hydrogen) atoms. The topological polar surface area (TPSA) is 32.8 Å². The maximum atomic E-state index is 12.6. The molecule has 4 nitrogen and oxygen atoms in total. The van der Waals surface area contributed by atoms with E-state index in [2.05, 4.69) is 55.3 Å². The van der Waals surface area contributed by atoms with Crippen LogP contribution < -0.4 is 9.64 Å². The second-order valence-corrected chi connectivity index (χ2v) is 12.8. The second kappa shape index (κ2) is 21.7. The van der Waals surface area contributed by atoms with Gasteiger partial charge in [0.25, 0.3) is 0 Å². The standard InChI is InChI=1S/C36H54N2O2S.BrH/c1-4-5-6-7-8-9-10-11-12-13-14-15-16-17-24-40-36-23-19-21-34(26-36)29-38(32(3)39)35-22-18-20-33(25-35)28-37-27-31(2)41-30-37;/h18-23,25-27H,4-17,24,28-30H2,1-3H3;1H. The van der Waals surface area contributed by atoms with Crippen molar-refractivity contribution in [1.29, 1.82) is 0 Å². The van der Waals surface area contributed by atoms with Crippen LogP contribution in [0.1, 0.15) is 122 Å². The summed E-state index contributed by atoms with van der Waals surface area (Å²) < 4.78 is 6.09. The molecule has 1 heterocycles. The van der Waals surface area contributed by atoms with E-state index in [-0.39, 0.29) is 22.9 Å². The molecule has 3 rings (SSSR count). The molecule has 1 amide bonds. The lowest BCUT2D eigenvalue weighted by atomic mass is 10.0. The highest BCUT2D eigenvalue weighted by atomic mass is 79.9. The SMILES string of the molecule is Br.CCCCCCCCCCCCCCCCOc1cccc(CN(C(C)=O)c2cccc(CN3C=C(C)SC3)c2)c1. The number of halogens is 1. The van der Waals surface area contributed by atoms with E-state index in [1.807, 2.05) is 34.9 Å². The van der Waals surface area contributed by atoms with Crippen molar-refractivity contribution in [1.82, 2.24) is 4.90 Å². The molecule has 0 unspecified atom stereocenters. The largest absolute Gasteiger partial charge is 0.494 e. The molecule has 0 spiro atoms. The Morgan fingerprint density at radius 1 is 0.833 bits per heavy atom. The van der Waals surface area contributed by atoms with Gasteiger partial charge in [0.2, 0.25) is 5.91 Å². The van der Waals surface area contributed by atoms with Gasteiger partial charge in [0.15, 0.2) is 0 Å². The van der Waals surface area contributed by atoms with E-state index in [0.717, 1.165) is 42.4 Å². The van der Waals surface area contributed by atoms with Crippen molar-refractivity contribution in [3.63, 3.8) is 0 Å². The smallest absolute Gasteiger partial charge is 0.224 e. The summed E-state index contributed by atoms with van der Waals surface area (Å²) in [6.45, 7) is 8.22. The van der Waals surface area contributed by atoms with Crippen molar-refractivity contribution in [2.45, 2.75) is 124 Å². The zero-order valence-corrected chi connectivity index (χ0v) is 29.0. The molecule has 0 atom stereocenters. The summed E-state index contributed by atoms with van der Waals surface area (Å²) in [4.78, 5) is 18.2. The van der Waals surface area contributed by atoms with Gasteiger partial charge in [0.05, 0.1) is 19.0 Å². The first-order valence-electron chi connectivity index (χ1n) is 16.2. The summed E-state index contributed by atoms with van der Waals surface area (Å²) in [6.07, 6.45) is 21.3. The Kier molecular flexibility index (Phi) is 18.8. The zero-order valence-electron chi connectivity index (χ0n) is 26.5. The molecule has 0 N–H and O–H groups in total. The van der Waals surface area contributed by atoms with Gasteiger partial charge in [0, 0.05) is 25.4 Å². The Morgan fingerprint density at radius 3 is 2.02 bits per heavy atom. The van der Waals surface area contributed by atoms with Gasteiger partial charge in [-0.3, -0.25) is 4.79 Å². The van der Waals surface area contributed by atoms with Gasteiger partial charge in [-0.15, -0.1) is 28.7 Å². The number of nitrogens with zero attached hydrogens (tertiary/aromatic N) is 2. The van der Waals surface area contributed by atoms with Crippen LogP contribution in [0.3, 0.4) is 0 Å². The van der Waals surface area contributed by atoms with Crippen molar-refractivity contribution < 1.29 is 9.53 Å². The molecule has 0 aromatic heterocycles. The molecule has 0 fully saturated rings. The van der Waals surface area contributed by atoms with Crippen molar-refractivity contribution in [2.24, 2.45) is 0 Å². The zero-order chi connectivity index (χ0) is 29.1. The number of hydrogen-bond acceptors (Lipinski definition) is 4. The Balaban J connectivity index is 0.00000616. The third-order valence-corrected chi connectivity index (χ3v) is 8.84. The van der Waals surface area contributed by atoms with Gasteiger partial charge in [-0.25, -0.2) is 0 Å². The number of anilines is 1. The lowest BCUT2D eigenvalue weighted by Crippen LogP contribution is -2.28. The molecule has 0 saturated carbocycles. The maximum Gasteiger partial charge on any atom is 0.224 e. The maximum absolute atomic E-state index is 12.6. The Labute approximate surface area is 271 Å². The minimum absolute atomic E-state index is 0. The predicted molar refractivity (Wildman–Crippen MR) is 188 cm³/mol. The fraction of sp³-hybridized carbons (Fsp3) is 0.583. The fourth-order valence-electron chi connectivity index (χ4n) is 5.45. The van der Waals surface area contributed by atoms with E-state index in [9.17, 15) is 4.79 Å². The van der Waals surface area contributed by atoms with Crippen LogP contribution in [-0.2, 0) is 17.9 Å². The molecule has 1 aliphatic heterocycles. The number of unbranched alkanes of at least 4 members (excludes halogenated alkanes) is 13.